The summed E-state index contributed by atoms with van der Waals surface area (Å²) in [6.45, 7) is 4.50. The number of nitrogens with zero attached hydrogens (tertiary/aromatic N) is 1. The molecule has 0 atom stereocenters. The van der Waals surface area contributed by atoms with E-state index in [1.165, 1.54) is 18.1 Å². The third-order valence-electron chi connectivity index (χ3n) is 4.18. The van der Waals surface area contributed by atoms with Crippen LogP contribution >= 0.6 is 11.3 Å². The zero-order valence-electron chi connectivity index (χ0n) is 13.7. The Labute approximate surface area is 143 Å². The minimum absolute atomic E-state index is 0.104. The van der Waals surface area contributed by atoms with Gasteiger partial charge in [0, 0.05) is 28.6 Å². The van der Waals surface area contributed by atoms with E-state index in [0.717, 1.165) is 16.6 Å². The number of aromatic nitrogens is 1. The largest absolute Gasteiger partial charge is 0.494 e. The Kier molecular flexibility index (Phi) is 4.32. The molecular weight excluding hydrogens is 329 g/mol. The molecule has 1 N–H and O–H groups in total. The number of ether oxygens (including phenoxy) is 1. The van der Waals surface area contributed by atoms with Crippen LogP contribution in [0.5, 0.6) is 5.75 Å². The van der Waals surface area contributed by atoms with E-state index < -0.39 is 11.8 Å². The fourth-order valence-corrected chi connectivity index (χ4v) is 3.74. The lowest BCUT2D eigenvalue weighted by atomic mass is 10.1. The summed E-state index contributed by atoms with van der Waals surface area (Å²) in [5, 5.41) is 12.0. The third kappa shape index (κ3) is 2.89. The topological polar surface area (TPSA) is 51.5 Å². The summed E-state index contributed by atoms with van der Waals surface area (Å²) in [4.78, 5) is 12.5. The van der Waals surface area contributed by atoms with Crippen LogP contribution in [0.4, 0.5) is 4.39 Å². The van der Waals surface area contributed by atoms with Crippen molar-refractivity contribution in [3.8, 4) is 5.75 Å². The van der Waals surface area contributed by atoms with Gasteiger partial charge in [0.1, 0.15) is 0 Å². The fraction of sp³-hybridized carbons (Fsp3) is 0.278. The summed E-state index contributed by atoms with van der Waals surface area (Å²) in [6, 6.07) is 5.10. The number of methoxy groups -OCH3 is 1. The van der Waals surface area contributed by atoms with Crippen LogP contribution in [0.3, 0.4) is 0 Å². The number of carboxylic acids is 1. The molecule has 2 aromatic heterocycles. The number of hydrogen-bond acceptors (Lipinski definition) is 3. The molecule has 0 unspecified atom stereocenters. The number of carbonyl (C=O) groups is 1. The summed E-state index contributed by atoms with van der Waals surface area (Å²) in [5.41, 5.74) is 3.34. The fourth-order valence-electron chi connectivity index (χ4n) is 3.04. The highest BCUT2D eigenvalue weighted by Crippen LogP contribution is 2.32. The lowest BCUT2D eigenvalue weighted by molar-refractivity contribution is -0.136. The molecule has 0 amide bonds. The molecule has 0 aliphatic heterocycles. The zero-order valence-corrected chi connectivity index (χ0v) is 14.5. The Morgan fingerprint density at radius 2 is 2.08 bits per heavy atom. The molecular formula is C18H18FNO3S. The molecule has 0 radical (unpaired) electrons. The Hall–Kier alpha value is -2.34. The van der Waals surface area contributed by atoms with Crippen molar-refractivity contribution in [3.63, 3.8) is 0 Å². The van der Waals surface area contributed by atoms with Gasteiger partial charge in [0.2, 0.25) is 0 Å². The van der Waals surface area contributed by atoms with Crippen molar-refractivity contribution in [1.82, 2.24) is 4.57 Å². The molecule has 6 heteroatoms. The molecule has 2 heterocycles. The van der Waals surface area contributed by atoms with Gasteiger partial charge < -0.3 is 14.4 Å². The maximum atomic E-state index is 14.2. The first-order valence-corrected chi connectivity index (χ1v) is 8.39. The van der Waals surface area contributed by atoms with Crippen molar-refractivity contribution < 1.29 is 19.0 Å². The number of halogens is 1. The maximum absolute atomic E-state index is 14.2. The summed E-state index contributed by atoms with van der Waals surface area (Å²) < 4.78 is 21.2. The first kappa shape index (κ1) is 16.5. The number of benzene rings is 1. The molecule has 3 aromatic rings. The SMILES string of the molecule is COc1cc2c(CC(=O)O)c(C)n(Cc3csc(C)c3)c2cc1F. The number of hydrogen-bond donors (Lipinski definition) is 1. The first-order valence-electron chi connectivity index (χ1n) is 7.51. The average molecular weight is 347 g/mol. The Morgan fingerprint density at radius 3 is 2.67 bits per heavy atom. The van der Waals surface area contributed by atoms with Crippen LogP contribution in [-0.4, -0.2) is 22.8 Å². The van der Waals surface area contributed by atoms with Crippen LogP contribution in [0, 0.1) is 19.7 Å². The normalized spacial score (nSPS) is 11.2. The number of aryl methyl sites for hydroxylation is 1. The van der Waals surface area contributed by atoms with E-state index in [4.69, 9.17) is 4.74 Å². The third-order valence-corrected chi connectivity index (χ3v) is 5.09. The molecule has 0 saturated heterocycles. The van der Waals surface area contributed by atoms with Crippen LogP contribution in [0.1, 0.15) is 21.7 Å². The van der Waals surface area contributed by atoms with Gasteiger partial charge in [-0.1, -0.05) is 0 Å². The average Bonchev–Trinajstić information content (AvgIpc) is 3.03. The summed E-state index contributed by atoms with van der Waals surface area (Å²) in [5.74, 6) is -1.24. The predicted octanol–water partition coefficient (Wildman–Crippen LogP) is 4.14. The second-order valence-electron chi connectivity index (χ2n) is 5.79. The highest BCUT2D eigenvalue weighted by molar-refractivity contribution is 7.10. The van der Waals surface area contributed by atoms with Gasteiger partial charge in [-0.2, -0.15) is 0 Å². The summed E-state index contributed by atoms with van der Waals surface area (Å²) >= 11 is 1.66. The van der Waals surface area contributed by atoms with Crippen molar-refractivity contribution in [2.75, 3.05) is 7.11 Å². The van der Waals surface area contributed by atoms with Gasteiger partial charge in [-0.3, -0.25) is 4.79 Å². The predicted molar refractivity (Wildman–Crippen MR) is 92.7 cm³/mol. The summed E-state index contributed by atoms with van der Waals surface area (Å²) in [7, 11) is 1.40. The van der Waals surface area contributed by atoms with Gasteiger partial charge in [0.05, 0.1) is 19.0 Å². The number of thiophene rings is 1. The molecule has 3 rings (SSSR count). The zero-order chi connectivity index (χ0) is 17.4. The van der Waals surface area contributed by atoms with Gasteiger partial charge in [-0.15, -0.1) is 11.3 Å². The molecule has 0 spiro atoms. The van der Waals surface area contributed by atoms with Crippen LogP contribution < -0.4 is 4.74 Å². The smallest absolute Gasteiger partial charge is 0.307 e. The van der Waals surface area contributed by atoms with Crippen molar-refractivity contribution >= 4 is 28.2 Å². The van der Waals surface area contributed by atoms with Crippen molar-refractivity contribution in [1.29, 1.82) is 0 Å². The van der Waals surface area contributed by atoms with E-state index in [9.17, 15) is 14.3 Å². The maximum Gasteiger partial charge on any atom is 0.307 e. The standard InChI is InChI=1S/C18H18FNO3S/c1-10-4-12(9-24-10)8-20-11(2)13(6-18(21)22)14-5-17(23-3)15(19)7-16(14)20/h4-5,7,9H,6,8H2,1-3H3,(H,21,22). The van der Waals surface area contributed by atoms with Crippen molar-refractivity contribution in [3.05, 3.63) is 51.1 Å². The van der Waals surface area contributed by atoms with E-state index >= 15 is 0 Å². The van der Waals surface area contributed by atoms with E-state index in [1.54, 1.807) is 17.4 Å². The second kappa shape index (κ2) is 6.28. The van der Waals surface area contributed by atoms with E-state index in [-0.39, 0.29) is 12.2 Å². The minimum Gasteiger partial charge on any atom is -0.494 e. The molecule has 4 nitrogen and oxygen atoms in total. The first-order chi connectivity index (χ1) is 11.4. The van der Waals surface area contributed by atoms with Gasteiger partial charge in [0.15, 0.2) is 11.6 Å². The second-order valence-corrected chi connectivity index (χ2v) is 6.91. The Bertz CT molecular complexity index is 926. The monoisotopic (exact) mass is 347 g/mol. The Morgan fingerprint density at radius 1 is 1.33 bits per heavy atom. The highest BCUT2D eigenvalue weighted by atomic mass is 32.1. The quantitative estimate of drug-likeness (QED) is 0.754. The minimum atomic E-state index is -0.910. The molecule has 0 bridgehead atoms. The number of rotatable bonds is 5. The van der Waals surface area contributed by atoms with Gasteiger partial charge in [0.25, 0.3) is 0 Å². The lowest BCUT2D eigenvalue weighted by Gasteiger charge is -2.08. The van der Waals surface area contributed by atoms with Crippen molar-refractivity contribution in [2.45, 2.75) is 26.8 Å². The summed E-state index contributed by atoms with van der Waals surface area (Å²) in [6.07, 6.45) is -0.104. The van der Waals surface area contributed by atoms with Gasteiger partial charge in [-0.25, -0.2) is 4.39 Å². The molecule has 126 valence electrons. The van der Waals surface area contributed by atoms with Crippen molar-refractivity contribution in [2.24, 2.45) is 0 Å². The van der Waals surface area contributed by atoms with E-state index in [1.807, 2.05) is 18.4 Å². The molecule has 0 saturated carbocycles. The number of fused-ring (bicyclic) bond motifs is 1. The highest BCUT2D eigenvalue weighted by Gasteiger charge is 2.19. The molecule has 24 heavy (non-hydrogen) atoms. The van der Waals surface area contributed by atoms with Crippen LogP contribution in [0.25, 0.3) is 10.9 Å². The number of aliphatic carboxylic acids is 1. The van der Waals surface area contributed by atoms with Crippen LogP contribution in [-0.2, 0) is 17.8 Å². The van der Waals surface area contributed by atoms with E-state index in [0.29, 0.717) is 17.6 Å². The molecule has 1 aromatic carbocycles. The molecule has 0 fully saturated rings. The Balaban J connectivity index is 2.21. The van der Waals surface area contributed by atoms with E-state index in [2.05, 4.69) is 11.4 Å². The lowest BCUT2D eigenvalue weighted by Crippen LogP contribution is -2.04. The van der Waals surface area contributed by atoms with Crippen LogP contribution in [0.2, 0.25) is 0 Å². The number of carboxylic acid groups (broad SMARTS) is 1. The molecule has 0 aliphatic rings. The van der Waals surface area contributed by atoms with Gasteiger partial charge in [-0.05, 0) is 42.5 Å². The van der Waals surface area contributed by atoms with Crippen LogP contribution in [0.15, 0.2) is 23.6 Å². The van der Waals surface area contributed by atoms with Gasteiger partial charge >= 0.3 is 5.97 Å². The molecule has 0 aliphatic carbocycles.